The first-order valence-electron chi connectivity index (χ1n) is 7.75. The van der Waals surface area contributed by atoms with Crippen LogP contribution in [-0.4, -0.2) is 17.4 Å². The summed E-state index contributed by atoms with van der Waals surface area (Å²) in [5.74, 6) is 0.343. The van der Waals surface area contributed by atoms with E-state index < -0.39 is 0 Å². The van der Waals surface area contributed by atoms with E-state index >= 15 is 0 Å². The topological polar surface area (TPSA) is 79.2 Å². The lowest BCUT2D eigenvalue weighted by Crippen LogP contribution is -2.29. The number of carbonyl (C=O) groups is 1. The molecule has 128 valence electrons. The summed E-state index contributed by atoms with van der Waals surface area (Å²) >= 11 is 7.31. The second-order valence-corrected chi connectivity index (χ2v) is 6.96. The molecule has 1 aromatic carbocycles. The molecule has 0 spiro atoms. The van der Waals surface area contributed by atoms with E-state index in [9.17, 15) is 4.79 Å². The van der Waals surface area contributed by atoms with E-state index in [0.717, 1.165) is 5.56 Å². The fourth-order valence-electron chi connectivity index (χ4n) is 2.79. The van der Waals surface area contributed by atoms with Gasteiger partial charge in [0, 0.05) is 16.9 Å². The molecule has 2 unspecified atom stereocenters. The third kappa shape index (κ3) is 3.45. The van der Waals surface area contributed by atoms with Crippen LogP contribution in [-0.2, 0) is 4.79 Å². The van der Waals surface area contributed by atoms with Crippen molar-refractivity contribution < 1.29 is 9.21 Å². The van der Waals surface area contributed by atoms with Crippen LogP contribution in [0.4, 0.5) is 5.13 Å². The van der Waals surface area contributed by atoms with Crippen molar-refractivity contribution in [3.05, 3.63) is 58.6 Å². The molecule has 0 bridgehead atoms. The molecule has 1 amide bonds. The molecule has 2 aromatic heterocycles. The number of nitrogens with one attached hydrogen (secondary N) is 3. The van der Waals surface area contributed by atoms with Crippen molar-refractivity contribution in [3.63, 3.8) is 0 Å². The number of rotatable bonds is 4. The zero-order valence-corrected chi connectivity index (χ0v) is 14.6. The average molecular weight is 375 g/mol. The van der Waals surface area contributed by atoms with E-state index in [4.69, 9.17) is 16.0 Å². The van der Waals surface area contributed by atoms with Gasteiger partial charge in [-0.05, 0) is 29.8 Å². The summed E-state index contributed by atoms with van der Waals surface area (Å²) in [6, 6.07) is 11.0. The standard InChI is InChI=1S/C17H15ClN4O2S/c18-11-5-3-10(4-6-11)15-12(8-19-22-15)16(23)21-17-20-13(9-25-17)14-2-1-7-24-14/h1-7,9,12,15,19,22H,8H2,(H,20,21,23). The van der Waals surface area contributed by atoms with Crippen molar-refractivity contribution >= 4 is 34.0 Å². The maximum atomic E-state index is 12.7. The van der Waals surface area contributed by atoms with Crippen molar-refractivity contribution in [1.82, 2.24) is 15.8 Å². The van der Waals surface area contributed by atoms with Crippen LogP contribution in [0, 0.1) is 5.92 Å². The van der Waals surface area contributed by atoms with E-state index in [-0.39, 0.29) is 17.9 Å². The molecule has 6 nitrogen and oxygen atoms in total. The Hall–Kier alpha value is -2.19. The van der Waals surface area contributed by atoms with E-state index in [0.29, 0.717) is 28.2 Å². The predicted octanol–water partition coefficient (Wildman–Crippen LogP) is 3.46. The summed E-state index contributed by atoms with van der Waals surface area (Å²) in [7, 11) is 0. The van der Waals surface area contributed by atoms with Crippen molar-refractivity contribution in [1.29, 1.82) is 0 Å². The van der Waals surface area contributed by atoms with Gasteiger partial charge < -0.3 is 9.73 Å². The molecule has 1 saturated heterocycles. The molecule has 0 saturated carbocycles. The molecule has 3 heterocycles. The third-order valence-corrected chi connectivity index (χ3v) is 5.07. The Morgan fingerprint density at radius 1 is 1.32 bits per heavy atom. The van der Waals surface area contributed by atoms with Crippen LogP contribution in [0.2, 0.25) is 5.02 Å². The van der Waals surface area contributed by atoms with Crippen LogP contribution in [0.5, 0.6) is 0 Å². The highest BCUT2D eigenvalue weighted by Crippen LogP contribution is 2.29. The van der Waals surface area contributed by atoms with Gasteiger partial charge in [-0.25, -0.2) is 10.4 Å². The molecule has 4 rings (SSSR count). The van der Waals surface area contributed by atoms with E-state index in [2.05, 4.69) is 21.2 Å². The van der Waals surface area contributed by atoms with Crippen LogP contribution in [0.3, 0.4) is 0 Å². The van der Waals surface area contributed by atoms with Gasteiger partial charge in [0.2, 0.25) is 5.91 Å². The van der Waals surface area contributed by atoms with Gasteiger partial charge in [-0.1, -0.05) is 23.7 Å². The van der Waals surface area contributed by atoms with Gasteiger partial charge in [0.25, 0.3) is 0 Å². The summed E-state index contributed by atoms with van der Waals surface area (Å²) in [5, 5.41) is 5.98. The highest BCUT2D eigenvalue weighted by atomic mass is 35.5. The number of thiazole rings is 1. The minimum Gasteiger partial charge on any atom is -0.463 e. The SMILES string of the molecule is O=C(Nc1nc(-c2ccco2)cs1)C1CNNC1c1ccc(Cl)cc1. The van der Waals surface area contributed by atoms with E-state index in [1.165, 1.54) is 11.3 Å². The Morgan fingerprint density at radius 3 is 2.92 bits per heavy atom. The molecule has 8 heteroatoms. The van der Waals surface area contributed by atoms with Crippen LogP contribution in [0.25, 0.3) is 11.5 Å². The first-order chi connectivity index (χ1) is 12.2. The maximum absolute atomic E-state index is 12.7. The second-order valence-electron chi connectivity index (χ2n) is 5.67. The summed E-state index contributed by atoms with van der Waals surface area (Å²) in [6.07, 6.45) is 1.60. The molecule has 1 aliphatic rings. The van der Waals surface area contributed by atoms with E-state index in [1.807, 2.05) is 35.7 Å². The Balaban J connectivity index is 1.47. The number of hydrogen-bond acceptors (Lipinski definition) is 6. The fraction of sp³-hybridized carbons (Fsp3) is 0.176. The van der Waals surface area contributed by atoms with Crippen LogP contribution < -0.4 is 16.2 Å². The average Bonchev–Trinajstić information content (AvgIpc) is 3.36. The number of hydrazine groups is 1. The monoisotopic (exact) mass is 374 g/mol. The molecule has 25 heavy (non-hydrogen) atoms. The predicted molar refractivity (Wildman–Crippen MR) is 97.3 cm³/mol. The molecule has 1 aliphatic heterocycles. The van der Waals surface area contributed by atoms with E-state index in [1.54, 1.807) is 12.3 Å². The third-order valence-electron chi connectivity index (χ3n) is 4.06. The molecule has 2 atom stereocenters. The number of benzene rings is 1. The molecule has 3 N–H and O–H groups in total. The molecule has 3 aromatic rings. The largest absolute Gasteiger partial charge is 0.463 e. The highest BCUT2D eigenvalue weighted by molar-refractivity contribution is 7.14. The van der Waals surface area contributed by atoms with Gasteiger partial charge in [-0.15, -0.1) is 11.3 Å². The lowest BCUT2D eigenvalue weighted by molar-refractivity contribution is -0.119. The van der Waals surface area contributed by atoms with Gasteiger partial charge in [0.05, 0.1) is 18.2 Å². The summed E-state index contributed by atoms with van der Waals surface area (Å²) in [5.41, 5.74) is 7.92. The minimum atomic E-state index is -0.253. The normalized spacial score (nSPS) is 19.9. The number of anilines is 1. The van der Waals surface area contributed by atoms with Gasteiger partial charge in [0.15, 0.2) is 10.9 Å². The number of nitrogens with zero attached hydrogens (tertiary/aromatic N) is 1. The van der Waals surface area contributed by atoms with Crippen molar-refractivity contribution in [3.8, 4) is 11.5 Å². The molecule has 0 radical (unpaired) electrons. The minimum absolute atomic E-state index is 0.0854. The summed E-state index contributed by atoms with van der Waals surface area (Å²) in [6.45, 7) is 0.537. The molecule has 0 aliphatic carbocycles. The van der Waals surface area contributed by atoms with Gasteiger partial charge >= 0.3 is 0 Å². The lowest BCUT2D eigenvalue weighted by Gasteiger charge is -2.17. The number of hydrogen-bond donors (Lipinski definition) is 3. The number of halogens is 1. The molecular formula is C17H15ClN4O2S. The summed E-state index contributed by atoms with van der Waals surface area (Å²) < 4.78 is 5.32. The van der Waals surface area contributed by atoms with Crippen LogP contribution in [0.15, 0.2) is 52.5 Å². The van der Waals surface area contributed by atoms with Crippen LogP contribution in [0.1, 0.15) is 11.6 Å². The number of amides is 1. The Morgan fingerprint density at radius 2 is 2.16 bits per heavy atom. The Bertz CT molecular complexity index is 863. The zero-order chi connectivity index (χ0) is 17.2. The molecule has 1 fully saturated rings. The fourth-order valence-corrected chi connectivity index (χ4v) is 3.62. The zero-order valence-electron chi connectivity index (χ0n) is 13.0. The maximum Gasteiger partial charge on any atom is 0.232 e. The van der Waals surface area contributed by atoms with Gasteiger partial charge in [0.1, 0.15) is 5.69 Å². The van der Waals surface area contributed by atoms with Gasteiger partial charge in [-0.2, -0.15) is 0 Å². The Labute approximate surface area is 153 Å². The summed E-state index contributed by atoms with van der Waals surface area (Å²) in [4.78, 5) is 17.1. The smallest absolute Gasteiger partial charge is 0.232 e. The number of aromatic nitrogens is 1. The van der Waals surface area contributed by atoms with Crippen molar-refractivity contribution in [2.45, 2.75) is 6.04 Å². The van der Waals surface area contributed by atoms with Crippen LogP contribution >= 0.6 is 22.9 Å². The number of carbonyl (C=O) groups excluding carboxylic acids is 1. The second kappa shape index (κ2) is 6.97. The lowest BCUT2D eigenvalue weighted by atomic mass is 9.94. The Kier molecular flexibility index (Phi) is 4.54. The quantitative estimate of drug-likeness (QED) is 0.651. The first-order valence-corrected chi connectivity index (χ1v) is 9.00. The van der Waals surface area contributed by atoms with Gasteiger partial charge in [-0.3, -0.25) is 10.2 Å². The van der Waals surface area contributed by atoms with Crippen molar-refractivity contribution in [2.75, 3.05) is 11.9 Å². The van der Waals surface area contributed by atoms with Crippen molar-refractivity contribution in [2.24, 2.45) is 5.92 Å². The number of furan rings is 1. The highest BCUT2D eigenvalue weighted by Gasteiger charge is 2.34. The molecular weight excluding hydrogens is 360 g/mol. The first kappa shape index (κ1) is 16.3.